The van der Waals surface area contributed by atoms with Crippen molar-refractivity contribution in [3.8, 4) is 0 Å². The zero-order valence-electron chi connectivity index (χ0n) is 9.26. The Morgan fingerprint density at radius 3 is 2.00 bits per heavy atom. The molecule has 1 saturated heterocycles. The van der Waals surface area contributed by atoms with Crippen LogP contribution in [-0.4, -0.2) is 29.2 Å². The van der Waals surface area contributed by atoms with Gasteiger partial charge in [-0.05, 0) is 39.5 Å². The second-order valence-corrected chi connectivity index (χ2v) is 4.82. The van der Waals surface area contributed by atoms with Gasteiger partial charge in [0.05, 0.1) is 5.60 Å². The van der Waals surface area contributed by atoms with Crippen molar-refractivity contribution in [2.24, 2.45) is 5.92 Å². The van der Waals surface area contributed by atoms with E-state index in [2.05, 4.69) is 32.8 Å². The van der Waals surface area contributed by atoms with Crippen LogP contribution in [0.4, 0.5) is 0 Å². The standard InChI is InChI=1S/C10H21NO.H2O/c1-9-5-7-11(8-6-9)12-10(2,3)4;/h9H,5-8H2,1-4H3;1H2. The van der Waals surface area contributed by atoms with Crippen molar-refractivity contribution >= 4 is 0 Å². The van der Waals surface area contributed by atoms with E-state index in [0.717, 1.165) is 19.0 Å². The fraction of sp³-hybridized carbons (Fsp3) is 1.00. The van der Waals surface area contributed by atoms with Crippen molar-refractivity contribution in [3.05, 3.63) is 0 Å². The van der Waals surface area contributed by atoms with Crippen LogP contribution in [0.15, 0.2) is 0 Å². The molecule has 0 saturated carbocycles. The van der Waals surface area contributed by atoms with Crippen molar-refractivity contribution in [1.82, 2.24) is 5.06 Å². The molecular formula is C10H23NO2. The van der Waals surface area contributed by atoms with Crippen LogP contribution in [0, 0.1) is 5.92 Å². The van der Waals surface area contributed by atoms with Crippen LogP contribution in [0.25, 0.3) is 0 Å². The summed E-state index contributed by atoms with van der Waals surface area (Å²) in [5.41, 5.74) is -0.0272. The highest BCUT2D eigenvalue weighted by Crippen LogP contribution is 2.19. The third kappa shape index (κ3) is 5.24. The molecule has 1 rings (SSSR count). The van der Waals surface area contributed by atoms with E-state index in [9.17, 15) is 0 Å². The number of piperidine rings is 1. The van der Waals surface area contributed by atoms with Gasteiger partial charge < -0.3 is 5.48 Å². The van der Waals surface area contributed by atoms with Gasteiger partial charge in [-0.1, -0.05) is 6.92 Å². The number of rotatable bonds is 1. The van der Waals surface area contributed by atoms with Gasteiger partial charge in [0.25, 0.3) is 0 Å². The van der Waals surface area contributed by atoms with E-state index in [0.29, 0.717) is 0 Å². The van der Waals surface area contributed by atoms with E-state index in [1.54, 1.807) is 0 Å². The second kappa shape index (κ2) is 4.94. The first-order valence-electron chi connectivity index (χ1n) is 4.91. The highest BCUT2D eigenvalue weighted by Gasteiger charge is 2.21. The molecule has 0 aromatic rings. The molecule has 80 valence electrons. The summed E-state index contributed by atoms with van der Waals surface area (Å²) < 4.78 is 0. The molecule has 3 nitrogen and oxygen atoms in total. The molecule has 1 aliphatic rings. The third-order valence-electron chi connectivity index (χ3n) is 2.15. The molecule has 0 spiro atoms. The Bertz CT molecular complexity index is 134. The van der Waals surface area contributed by atoms with Crippen LogP contribution < -0.4 is 0 Å². The van der Waals surface area contributed by atoms with E-state index in [4.69, 9.17) is 4.84 Å². The number of hydrogen-bond donors (Lipinski definition) is 0. The topological polar surface area (TPSA) is 44.0 Å². The maximum atomic E-state index is 5.76. The van der Waals surface area contributed by atoms with Crippen LogP contribution in [-0.2, 0) is 4.84 Å². The molecule has 0 aromatic heterocycles. The summed E-state index contributed by atoms with van der Waals surface area (Å²) in [5.74, 6) is 0.879. The zero-order valence-corrected chi connectivity index (χ0v) is 9.26. The maximum Gasteiger partial charge on any atom is 0.0815 e. The van der Waals surface area contributed by atoms with Crippen LogP contribution in [0.1, 0.15) is 40.5 Å². The lowest BCUT2D eigenvalue weighted by Gasteiger charge is -2.34. The van der Waals surface area contributed by atoms with E-state index < -0.39 is 0 Å². The fourth-order valence-electron chi connectivity index (χ4n) is 1.46. The molecular weight excluding hydrogens is 166 g/mol. The Balaban J connectivity index is 0.00000144. The lowest BCUT2D eigenvalue weighted by Crippen LogP contribution is -2.39. The molecule has 0 aromatic carbocycles. The number of hydrogen-bond acceptors (Lipinski definition) is 2. The van der Waals surface area contributed by atoms with Gasteiger partial charge in [0.2, 0.25) is 0 Å². The van der Waals surface area contributed by atoms with Gasteiger partial charge in [0.15, 0.2) is 0 Å². The van der Waals surface area contributed by atoms with Crippen molar-refractivity contribution in [2.75, 3.05) is 13.1 Å². The third-order valence-corrected chi connectivity index (χ3v) is 2.15. The molecule has 3 heteroatoms. The van der Waals surface area contributed by atoms with E-state index in [1.165, 1.54) is 12.8 Å². The SMILES string of the molecule is CC1CCN(OC(C)(C)C)CC1.O. The first-order chi connectivity index (χ1) is 5.47. The molecule has 1 aliphatic heterocycles. The molecule has 1 fully saturated rings. The minimum atomic E-state index is -0.0272. The summed E-state index contributed by atoms with van der Waals surface area (Å²) in [6, 6.07) is 0. The average Bonchev–Trinajstić information content (AvgIpc) is 1.91. The van der Waals surface area contributed by atoms with Gasteiger partial charge in [0, 0.05) is 13.1 Å². The normalized spacial score (nSPS) is 21.2. The first kappa shape index (κ1) is 12.9. The van der Waals surface area contributed by atoms with E-state index in [1.807, 2.05) is 0 Å². The minimum Gasteiger partial charge on any atom is -0.412 e. The summed E-state index contributed by atoms with van der Waals surface area (Å²) in [6.45, 7) is 10.8. The van der Waals surface area contributed by atoms with Gasteiger partial charge in [-0.15, -0.1) is 0 Å². The van der Waals surface area contributed by atoms with Gasteiger partial charge in [-0.25, -0.2) is 0 Å². The Hall–Kier alpha value is -0.120. The monoisotopic (exact) mass is 189 g/mol. The average molecular weight is 189 g/mol. The highest BCUT2D eigenvalue weighted by atomic mass is 16.7. The maximum absolute atomic E-state index is 5.76. The smallest absolute Gasteiger partial charge is 0.0815 e. The van der Waals surface area contributed by atoms with Gasteiger partial charge >= 0.3 is 0 Å². The second-order valence-electron chi connectivity index (χ2n) is 4.82. The summed E-state index contributed by atoms with van der Waals surface area (Å²) in [6.07, 6.45) is 2.55. The Morgan fingerprint density at radius 1 is 1.15 bits per heavy atom. The Kier molecular flexibility index (Phi) is 4.89. The zero-order chi connectivity index (χ0) is 9.19. The van der Waals surface area contributed by atoms with Gasteiger partial charge in [-0.2, -0.15) is 5.06 Å². The molecule has 1 heterocycles. The van der Waals surface area contributed by atoms with Gasteiger partial charge in [-0.3, -0.25) is 4.84 Å². The molecule has 0 aliphatic carbocycles. The number of hydroxylamine groups is 2. The van der Waals surface area contributed by atoms with Crippen LogP contribution in [0.5, 0.6) is 0 Å². The largest absolute Gasteiger partial charge is 0.412 e. The molecule has 0 bridgehead atoms. The minimum absolute atomic E-state index is 0. The molecule has 13 heavy (non-hydrogen) atoms. The molecule has 0 radical (unpaired) electrons. The lowest BCUT2D eigenvalue weighted by atomic mass is 10.0. The highest BCUT2D eigenvalue weighted by molar-refractivity contribution is 4.66. The lowest BCUT2D eigenvalue weighted by molar-refractivity contribution is -0.238. The van der Waals surface area contributed by atoms with Crippen molar-refractivity contribution in [1.29, 1.82) is 0 Å². The molecule has 0 unspecified atom stereocenters. The van der Waals surface area contributed by atoms with E-state index in [-0.39, 0.29) is 11.1 Å². The molecule has 2 N–H and O–H groups in total. The van der Waals surface area contributed by atoms with Crippen LogP contribution in [0.2, 0.25) is 0 Å². The Labute approximate surface area is 81.3 Å². The predicted molar refractivity (Wildman–Crippen MR) is 54.4 cm³/mol. The molecule has 0 atom stereocenters. The van der Waals surface area contributed by atoms with Crippen molar-refractivity contribution in [2.45, 2.75) is 46.1 Å². The fourth-order valence-corrected chi connectivity index (χ4v) is 1.46. The quantitative estimate of drug-likeness (QED) is 0.629. The van der Waals surface area contributed by atoms with Crippen LogP contribution in [0.3, 0.4) is 0 Å². The molecule has 0 amide bonds. The summed E-state index contributed by atoms with van der Waals surface area (Å²) >= 11 is 0. The summed E-state index contributed by atoms with van der Waals surface area (Å²) in [7, 11) is 0. The number of nitrogens with zero attached hydrogens (tertiary/aromatic N) is 1. The summed E-state index contributed by atoms with van der Waals surface area (Å²) in [4.78, 5) is 5.76. The predicted octanol–water partition coefficient (Wildman–Crippen LogP) is 1.62. The van der Waals surface area contributed by atoms with Crippen molar-refractivity contribution in [3.63, 3.8) is 0 Å². The first-order valence-corrected chi connectivity index (χ1v) is 4.91. The van der Waals surface area contributed by atoms with Crippen molar-refractivity contribution < 1.29 is 10.3 Å². The van der Waals surface area contributed by atoms with E-state index >= 15 is 0 Å². The Morgan fingerprint density at radius 2 is 1.62 bits per heavy atom. The van der Waals surface area contributed by atoms with Crippen LogP contribution >= 0.6 is 0 Å². The van der Waals surface area contributed by atoms with Gasteiger partial charge in [0.1, 0.15) is 0 Å². The summed E-state index contributed by atoms with van der Waals surface area (Å²) in [5, 5.41) is 2.11.